The van der Waals surface area contributed by atoms with Crippen LogP contribution in [0.1, 0.15) is 28.6 Å². The molecule has 0 aliphatic rings. The maximum atomic E-state index is 13.1. The molecular formula is C23H20ClNO5S. The highest BCUT2D eigenvalue weighted by molar-refractivity contribution is 7.92. The van der Waals surface area contributed by atoms with Gasteiger partial charge in [-0.25, -0.2) is 13.2 Å². The van der Waals surface area contributed by atoms with Gasteiger partial charge in [0, 0.05) is 21.2 Å². The predicted molar refractivity (Wildman–Crippen MR) is 121 cm³/mol. The lowest BCUT2D eigenvalue weighted by atomic mass is 10.0. The molecule has 1 aromatic heterocycles. The van der Waals surface area contributed by atoms with Crippen LogP contribution in [-0.2, 0) is 14.8 Å². The number of ether oxygens (including phenoxy) is 1. The number of carbonyl (C=O) groups excluding carboxylic acids is 1. The number of benzene rings is 3. The van der Waals surface area contributed by atoms with E-state index in [1.807, 2.05) is 12.1 Å². The zero-order chi connectivity index (χ0) is 22.3. The van der Waals surface area contributed by atoms with E-state index in [0.717, 1.165) is 0 Å². The Morgan fingerprint density at radius 1 is 1.06 bits per heavy atom. The molecule has 3 aromatic carbocycles. The van der Waals surface area contributed by atoms with E-state index in [-0.39, 0.29) is 17.1 Å². The van der Waals surface area contributed by atoms with Crippen LogP contribution in [0.4, 0.5) is 5.69 Å². The van der Waals surface area contributed by atoms with Crippen molar-refractivity contribution >= 4 is 55.0 Å². The molecule has 160 valence electrons. The largest absolute Gasteiger partial charge is 0.462 e. The third-order valence-corrected chi connectivity index (χ3v) is 6.82. The molecule has 1 N–H and O–H groups in total. The molecule has 8 heteroatoms. The van der Waals surface area contributed by atoms with Crippen molar-refractivity contribution in [3.8, 4) is 0 Å². The van der Waals surface area contributed by atoms with E-state index < -0.39 is 16.0 Å². The fraction of sp³-hybridized carbons (Fsp3) is 0.174. The lowest BCUT2D eigenvalue weighted by Crippen LogP contribution is -2.13. The second-order valence-electron chi connectivity index (χ2n) is 7.12. The van der Waals surface area contributed by atoms with Crippen LogP contribution < -0.4 is 4.72 Å². The molecule has 4 rings (SSSR count). The fourth-order valence-electron chi connectivity index (χ4n) is 3.57. The summed E-state index contributed by atoms with van der Waals surface area (Å²) < 4.78 is 39.9. The number of hydrogen-bond acceptors (Lipinski definition) is 5. The smallest absolute Gasteiger partial charge is 0.342 e. The zero-order valence-corrected chi connectivity index (χ0v) is 18.7. The second kappa shape index (κ2) is 7.90. The zero-order valence-electron chi connectivity index (χ0n) is 17.2. The Balaban J connectivity index is 1.93. The molecule has 0 bridgehead atoms. The number of carbonyl (C=O) groups is 1. The van der Waals surface area contributed by atoms with E-state index >= 15 is 0 Å². The van der Waals surface area contributed by atoms with Gasteiger partial charge >= 0.3 is 5.97 Å². The number of anilines is 1. The van der Waals surface area contributed by atoms with Crippen molar-refractivity contribution in [2.24, 2.45) is 0 Å². The summed E-state index contributed by atoms with van der Waals surface area (Å²) in [6.07, 6.45) is 0. The number of nitrogens with one attached hydrogen (secondary N) is 1. The average molecular weight is 458 g/mol. The number of rotatable bonds is 5. The first-order valence-corrected chi connectivity index (χ1v) is 11.5. The molecule has 6 nitrogen and oxygen atoms in total. The van der Waals surface area contributed by atoms with Crippen LogP contribution in [-0.4, -0.2) is 21.0 Å². The van der Waals surface area contributed by atoms with Crippen LogP contribution in [0.25, 0.3) is 21.7 Å². The molecule has 0 unspecified atom stereocenters. The first-order valence-electron chi connectivity index (χ1n) is 9.64. The average Bonchev–Trinajstić information content (AvgIpc) is 3.06. The van der Waals surface area contributed by atoms with Crippen molar-refractivity contribution in [3.63, 3.8) is 0 Å². The Hall–Kier alpha value is -3.03. The van der Waals surface area contributed by atoms with Crippen LogP contribution in [0.2, 0.25) is 5.02 Å². The van der Waals surface area contributed by atoms with Gasteiger partial charge in [-0.3, -0.25) is 4.72 Å². The first kappa shape index (κ1) is 21.2. The molecule has 0 atom stereocenters. The van der Waals surface area contributed by atoms with Crippen molar-refractivity contribution in [3.05, 3.63) is 70.4 Å². The summed E-state index contributed by atoms with van der Waals surface area (Å²) in [5, 5.41) is 2.30. The molecule has 1 heterocycles. The van der Waals surface area contributed by atoms with Crippen molar-refractivity contribution in [1.29, 1.82) is 0 Å². The Kier molecular flexibility index (Phi) is 5.41. The molecule has 0 spiro atoms. The number of fused-ring (bicyclic) bond motifs is 3. The van der Waals surface area contributed by atoms with Gasteiger partial charge in [-0.1, -0.05) is 35.9 Å². The van der Waals surface area contributed by atoms with E-state index in [1.165, 1.54) is 12.1 Å². The minimum atomic E-state index is -3.90. The van der Waals surface area contributed by atoms with Gasteiger partial charge in [-0.2, -0.15) is 0 Å². The maximum absolute atomic E-state index is 13.1. The molecule has 0 fully saturated rings. The van der Waals surface area contributed by atoms with E-state index in [0.29, 0.717) is 43.8 Å². The Morgan fingerprint density at radius 2 is 1.77 bits per heavy atom. The van der Waals surface area contributed by atoms with Crippen LogP contribution in [0.15, 0.2) is 57.8 Å². The van der Waals surface area contributed by atoms with E-state index in [1.54, 1.807) is 45.0 Å². The summed E-state index contributed by atoms with van der Waals surface area (Å²) in [4.78, 5) is 12.6. The molecule has 0 saturated heterocycles. The van der Waals surface area contributed by atoms with Gasteiger partial charge in [0.1, 0.15) is 16.9 Å². The van der Waals surface area contributed by atoms with Gasteiger partial charge in [0.25, 0.3) is 10.0 Å². The Bertz CT molecular complexity index is 1440. The number of furan rings is 1. The Morgan fingerprint density at radius 3 is 2.45 bits per heavy atom. The van der Waals surface area contributed by atoms with Crippen molar-refractivity contribution in [2.45, 2.75) is 25.7 Å². The topological polar surface area (TPSA) is 85.6 Å². The lowest BCUT2D eigenvalue weighted by molar-refractivity contribution is 0.0526. The highest BCUT2D eigenvalue weighted by atomic mass is 35.5. The van der Waals surface area contributed by atoms with Crippen molar-refractivity contribution in [1.82, 2.24) is 0 Å². The molecule has 31 heavy (non-hydrogen) atoms. The standard InChI is InChI=1S/C23H20ClNO5S/c1-4-29-23(26)21-14(3)30-22-17-8-6-5-7-16(17)20(12-18(21)22)25-31(27,28)15-9-10-19(24)13(2)11-15/h5-12,25H,4H2,1-3H3. The van der Waals surface area contributed by atoms with Crippen LogP contribution in [0.5, 0.6) is 0 Å². The number of halogens is 1. The molecule has 0 amide bonds. The summed E-state index contributed by atoms with van der Waals surface area (Å²) in [5.41, 5.74) is 1.77. The summed E-state index contributed by atoms with van der Waals surface area (Å²) in [7, 11) is -3.90. The number of sulfonamides is 1. The van der Waals surface area contributed by atoms with Crippen molar-refractivity contribution < 1.29 is 22.4 Å². The molecule has 0 aliphatic heterocycles. The maximum Gasteiger partial charge on any atom is 0.342 e. The van der Waals surface area contributed by atoms with Gasteiger partial charge in [0.15, 0.2) is 0 Å². The molecule has 0 aliphatic carbocycles. The van der Waals surface area contributed by atoms with Gasteiger partial charge in [0.05, 0.1) is 17.2 Å². The quantitative estimate of drug-likeness (QED) is 0.381. The molecule has 0 radical (unpaired) electrons. The highest BCUT2D eigenvalue weighted by Gasteiger charge is 2.24. The molecule has 0 saturated carbocycles. The Labute approximate surface area is 184 Å². The summed E-state index contributed by atoms with van der Waals surface area (Å²) in [6, 6.07) is 13.4. The predicted octanol–water partition coefficient (Wildman–Crippen LogP) is 5.83. The number of aryl methyl sites for hydroxylation is 2. The van der Waals surface area contributed by atoms with Crippen LogP contribution >= 0.6 is 11.6 Å². The third kappa shape index (κ3) is 3.75. The first-order chi connectivity index (χ1) is 14.7. The van der Waals surface area contributed by atoms with Gasteiger partial charge in [-0.15, -0.1) is 0 Å². The van der Waals surface area contributed by atoms with Gasteiger partial charge in [-0.05, 0) is 50.6 Å². The highest BCUT2D eigenvalue weighted by Crippen LogP contribution is 2.37. The minimum absolute atomic E-state index is 0.0903. The second-order valence-corrected chi connectivity index (χ2v) is 9.21. The minimum Gasteiger partial charge on any atom is -0.462 e. The summed E-state index contributed by atoms with van der Waals surface area (Å²) >= 11 is 6.04. The third-order valence-electron chi connectivity index (χ3n) is 5.04. The monoisotopic (exact) mass is 457 g/mol. The summed E-state index contributed by atoms with van der Waals surface area (Å²) in [5.74, 6) is -0.108. The van der Waals surface area contributed by atoms with Crippen LogP contribution in [0.3, 0.4) is 0 Å². The van der Waals surface area contributed by atoms with Crippen LogP contribution in [0, 0.1) is 13.8 Å². The normalized spacial score (nSPS) is 11.7. The van der Waals surface area contributed by atoms with Gasteiger partial charge < -0.3 is 9.15 Å². The summed E-state index contributed by atoms with van der Waals surface area (Å²) in [6.45, 7) is 5.36. The number of esters is 1. The SMILES string of the molecule is CCOC(=O)c1c(C)oc2c1cc(NS(=O)(=O)c1ccc(Cl)c(C)c1)c1ccccc12. The van der Waals surface area contributed by atoms with E-state index in [9.17, 15) is 13.2 Å². The number of hydrogen-bond donors (Lipinski definition) is 1. The molecular weight excluding hydrogens is 438 g/mol. The van der Waals surface area contributed by atoms with Crippen molar-refractivity contribution in [2.75, 3.05) is 11.3 Å². The lowest BCUT2D eigenvalue weighted by Gasteiger charge is -2.12. The van der Waals surface area contributed by atoms with E-state index in [4.69, 9.17) is 20.8 Å². The fourth-order valence-corrected chi connectivity index (χ4v) is 4.84. The van der Waals surface area contributed by atoms with Gasteiger partial charge in [0.2, 0.25) is 0 Å². The molecule has 4 aromatic rings. The van der Waals surface area contributed by atoms with E-state index in [2.05, 4.69) is 4.72 Å².